The number of carbonyl (C=O) groups excluding carboxylic acids is 1. The largest absolute Gasteiger partial charge is 0.369 e. The number of aromatic nitrogens is 1. The molecule has 20 heavy (non-hydrogen) atoms. The third kappa shape index (κ3) is 5.57. The highest BCUT2D eigenvalue weighted by Gasteiger charge is 2.15. The molecule has 1 amide bonds. The van der Waals surface area contributed by atoms with Crippen LogP contribution >= 0.6 is 0 Å². The van der Waals surface area contributed by atoms with Crippen LogP contribution in [-0.2, 0) is 0 Å². The molecule has 1 rings (SSSR count). The maximum absolute atomic E-state index is 11.7. The number of carbonyl (C=O) groups is 1. The average molecular weight is 278 g/mol. The summed E-state index contributed by atoms with van der Waals surface area (Å²) < 4.78 is 0. The zero-order valence-corrected chi connectivity index (χ0v) is 13.1. The van der Waals surface area contributed by atoms with E-state index < -0.39 is 0 Å². The van der Waals surface area contributed by atoms with Gasteiger partial charge in [-0.15, -0.1) is 0 Å². The Labute approximate surface area is 121 Å². The molecular formula is C15H26N4O. The average Bonchev–Trinajstić information content (AvgIpc) is 2.34. The Kier molecular flexibility index (Phi) is 5.51. The predicted octanol–water partition coefficient (Wildman–Crippen LogP) is 1.96. The van der Waals surface area contributed by atoms with E-state index in [1.54, 1.807) is 32.4 Å². The van der Waals surface area contributed by atoms with E-state index in [9.17, 15) is 4.79 Å². The minimum atomic E-state index is -0.0477. The van der Waals surface area contributed by atoms with Gasteiger partial charge in [-0.1, -0.05) is 20.8 Å². The quantitative estimate of drug-likeness (QED) is 0.863. The maximum Gasteiger partial charge on any atom is 0.254 e. The lowest BCUT2D eigenvalue weighted by atomic mass is 9.88. The van der Waals surface area contributed by atoms with Crippen LogP contribution in [-0.4, -0.2) is 42.5 Å². The maximum atomic E-state index is 11.7. The number of hydrogen-bond acceptors (Lipinski definition) is 4. The van der Waals surface area contributed by atoms with Gasteiger partial charge in [0.15, 0.2) is 0 Å². The minimum Gasteiger partial charge on any atom is -0.369 e. The van der Waals surface area contributed by atoms with Crippen LogP contribution in [0.15, 0.2) is 18.3 Å². The van der Waals surface area contributed by atoms with Gasteiger partial charge in [-0.05, 0) is 24.0 Å². The fourth-order valence-electron chi connectivity index (χ4n) is 1.98. The molecule has 0 saturated carbocycles. The van der Waals surface area contributed by atoms with E-state index in [1.165, 1.54) is 4.90 Å². The Bertz CT molecular complexity index is 434. The molecule has 0 spiro atoms. The van der Waals surface area contributed by atoms with E-state index in [2.05, 4.69) is 31.1 Å². The van der Waals surface area contributed by atoms with E-state index in [4.69, 9.17) is 5.73 Å². The molecule has 0 aromatic carbocycles. The number of amides is 1. The summed E-state index contributed by atoms with van der Waals surface area (Å²) in [5.41, 5.74) is 6.88. The van der Waals surface area contributed by atoms with Crippen molar-refractivity contribution in [2.24, 2.45) is 11.1 Å². The van der Waals surface area contributed by atoms with Crippen molar-refractivity contribution < 1.29 is 4.79 Å². The second-order valence-corrected chi connectivity index (χ2v) is 6.54. The Morgan fingerprint density at radius 2 is 2.05 bits per heavy atom. The molecule has 1 aromatic rings. The topological polar surface area (TPSA) is 71.2 Å². The summed E-state index contributed by atoms with van der Waals surface area (Å²) >= 11 is 0. The van der Waals surface area contributed by atoms with Gasteiger partial charge in [-0.3, -0.25) is 4.79 Å². The number of hydrogen-bond donors (Lipinski definition) is 2. The number of nitrogens with two attached hydrogens (primary N) is 1. The number of anilines is 1. The summed E-state index contributed by atoms with van der Waals surface area (Å²) in [7, 11) is 3.44. The third-order valence-corrected chi connectivity index (χ3v) is 2.84. The van der Waals surface area contributed by atoms with Crippen molar-refractivity contribution in [3.63, 3.8) is 0 Å². The van der Waals surface area contributed by atoms with Gasteiger partial charge in [0.25, 0.3) is 5.91 Å². The first-order chi connectivity index (χ1) is 9.19. The molecule has 3 N–H and O–H groups in total. The number of rotatable bonds is 5. The Hall–Kier alpha value is -1.62. The van der Waals surface area contributed by atoms with Crippen LogP contribution in [0.3, 0.4) is 0 Å². The van der Waals surface area contributed by atoms with Gasteiger partial charge in [0.1, 0.15) is 5.82 Å². The van der Waals surface area contributed by atoms with Crippen LogP contribution in [0, 0.1) is 5.41 Å². The molecule has 1 atom stereocenters. The lowest BCUT2D eigenvalue weighted by molar-refractivity contribution is 0.0827. The summed E-state index contributed by atoms with van der Waals surface area (Å²) in [6, 6.07) is 3.66. The van der Waals surface area contributed by atoms with E-state index in [0.717, 1.165) is 12.2 Å². The van der Waals surface area contributed by atoms with E-state index >= 15 is 0 Å². The van der Waals surface area contributed by atoms with Crippen molar-refractivity contribution in [3.8, 4) is 0 Å². The smallest absolute Gasteiger partial charge is 0.254 e. The van der Waals surface area contributed by atoms with Gasteiger partial charge < -0.3 is 16.0 Å². The van der Waals surface area contributed by atoms with Crippen molar-refractivity contribution in [2.75, 3.05) is 26.0 Å². The monoisotopic (exact) mass is 278 g/mol. The summed E-state index contributed by atoms with van der Waals surface area (Å²) in [6.45, 7) is 7.19. The minimum absolute atomic E-state index is 0.0477. The lowest BCUT2D eigenvalue weighted by Gasteiger charge is -2.23. The van der Waals surface area contributed by atoms with E-state index in [0.29, 0.717) is 12.1 Å². The lowest BCUT2D eigenvalue weighted by Crippen LogP contribution is -2.33. The molecule has 5 nitrogen and oxygen atoms in total. The fraction of sp³-hybridized carbons (Fsp3) is 0.600. The van der Waals surface area contributed by atoms with Crippen LogP contribution in [0.1, 0.15) is 37.6 Å². The molecular weight excluding hydrogens is 252 g/mol. The molecule has 0 bridgehead atoms. The Morgan fingerprint density at radius 1 is 1.40 bits per heavy atom. The molecule has 0 aliphatic carbocycles. The van der Waals surface area contributed by atoms with Gasteiger partial charge in [0, 0.05) is 32.9 Å². The van der Waals surface area contributed by atoms with Crippen molar-refractivity contribution in [1.29, 1.82) is 0 Å². The van der Waals surface area contributed by atoms with Crippen molar-refractivity contribution in [3.05, 3.63) is 23.9 Å². The van der Waals surface area contributed by atoms with E-state index in [-0.39, 0.29) is 17.4 Å². The Balaban J connectivity index is 2.52. The van der Waals surface area contributed by atoms with Crippen molar-refractivity contribution >= 4 is 11.7 Å². The first kappa shape index (κ1) is 16.4. The van der Waals surface area contributed by atoms with Crippen molar-refractivity contribution in [1.82, 2.24) is 9.88 Å². The molecule has 1 heterocycles. The standard InChI is InChI=1S/C15H26N4O/c1-15(2,3)8-12(16)10-18-13-7-6-11(9-17-13)14(20)19(4)5/h6-7,9,12H,8,10,16H2,1-5H3,(H,17,18). The molecule has 0 aliphatic rings. The SMILES string of the molecule is CN(C)C(=O)c1ccc(NCC(N)CC(C)(C)C)nc1. The number of pyridine rings is 1. The number of nitrogens with zero attached hydrogens (tertiary/aromatic N) is 2. The molecule has 1 unspecified atom stereocenters. The molecule has 0 radical (unpaired) electrons. The second-order valence-electron chi connectivity index (χ2n) is 6.54. The Morgan fingerprint density at radius 3 is 2.50 bits per heavy atom. The second kappa shape index (κ2) is 6.70. The normalized spacial score (nSPS) is 12.9. The number of nitrogens with one attached hydrogen (secondary N) is 1. The first-order valence-corrected chi connectivity index (χ1v) is 6.86. The molecule has 112 valence electrons. The van der Waals surface area contributed by atoms with E-state index in [1.807, 2.05) is 0 Å². The van der Waals surface area contributed by atoms with Crippen LogP contribution in [0.2, 0.25) is 0 Å². The summed E-state index contributed by atoms with van der Waals surface area (Å²) in [5.74, 6) is 0.693. The van der Waals surface area contributed by atoms with Gasteiger partial charge in [0.2, 0.25) is 0 Å². The molecule has 0 aliphatic heterocycles. The van der Waals surface area contributed by atoms with Gasteiger partial charge >= 0.3 is 0 Å². The van der Waals surface area contributed by atoms with Crippen molar-refractivity contribution in [2.45, 2.75) is 33.2 Å². The highest BCUT2D eigenvalue weighted by Crippen LogP contribution is 2.20. The summed E-state index contributed by atoms with van der Waals surface area (Å²) in [4.78, 5) is 17.5. The van der Waals surface area contributed by atoms with Gasteiger partial charge in [-0.2, -0.15) is 0 Å². The zero-order chi connectivity index (χ0) is 15.3. The molecule has 5 heteroatoms. The highest BCUT2D eigenvalue weighted by molar-refractivity contribution is 5.93. The summed E-state index contributed by atoms with van der Waals surface area (Å²) in [5, 5.41) is 3.20. The van der Waals surface area contributed by atoms with Crippen LogP contribution in [0.4, 0.5) is 5.82 Å². The van der Waals surface area contributed by atoms with Gasteiger partial charge in [-0.25, -0.2) is 4.98 Å². The van der Waals surface area contributed by atoms with Gasteiger partial charge in [0.05, 0.1) is 5.56 Å². The zero-order valence-electron chi connectivity index (χ0n) is 13.1. The van der Waals surface area contributed by atoms with Crippen LogP contribution in [0.25, 0.3) is 0 Å². The third-order valence-electron chi connectivity index (χ3n) is 2.84. The molecule has 0 saturated heterocycles. The van der Waals surface area contributed by atoms with Crippen LogP contribution < -0.4 is 11.1 Å². The first-order valence-electron chi connectivity index (χ1n) is 6.86. The highest BCUT2D eigenvalue weighted by atomic mass is 16.2. The fourth-order valence-corrected chi connectivity index (χ4v) is 1.98. The predicted molar refractivity (Wildman–Crippen MR) is 82.8 cm³/mol. The molecule has 1 aromatic heterocycles. The summed E-state index contributed by atoms with van der Waals surface area (Å²) in [6.07, 6.45) is 2.52. The van der Waals surface area contributed by atoms with Crippen LogP contribution in [0.5, 0.6) is 0 Å². The molecule has 0 fully saturated rings.